The van der Waals surface area contributed by atoms with Crippen LogP contribution in [0.4, 0.5) is 5.82 Å². The van der Waals surface area contributed by atoms with Crippen molar-refractivity contribution in [3.05, 3.63) is 90.0 Å². The highest BCUT2D eigenvalue weighted by molar-refractivity contribution is 6.31. The number of aromatic nitrogens is 4. The maximum absolute atomic E-state index is 12.2. The van der Waals surface area contributed by atoms with Gasteiger partial charge >= 0.3 is 0 Å². The third-order valence-electron chi connectivity index (χ3n) is 5.45. The first kappa shape index (κ1) is 22.6. The van der Waals surface area contributed by atoms with Crippen molar-refractivity contribution in [2.75, 3.05) is 5.43 Å². The molecule has 2 heterocycles. The zero-order valence-corrected chi connectivity index (χ0v) is 19.8. The molecule has 5 rings (SSSR count). The zero-order valence-electron chi connectivity index (χ0n) is 19.1. The van der Waals surface area contributed by atoms with Gasteiger partial charge in [-0.3, -0.25) is 15.6 Å². The van der Waals surface area contributed by atoms with E-state index in [1.165, 1.54) is 0 Å². The molecule has 0 spiro atoms. The molecule has 0 bridgehead atoms. The molecule has 0 aliphatic heterocycles. The molecule has 0 radical (unpaired) electrons. The summed E-state index contributed by atoms with van der Waals surface area (Å²) in [5.41, 5.74) is 10.5. The van der Waals surface area contributed by atoms with Gasteiger partial charge in [0, 0.05) is 22.6 Å². The lowest BCUT2D eigenvalue weighted by atomic mass is 10.1. The highest BCUT2D eigenvalue weighted by Crippen LogP contribution is 2.31. The summed E-state index contributed by atoms with van der Waals surface area (Å²) in [5, 5.41) is 5.46. The summed E-state index contributed by atoms with van der Waals surface area (Å²) in [6.07, 6.45) is 1.13. The summed E-state index contributed by atoms with van der Waals surface area (Å²) in [6, 6.07) is 27.3. The lowest BCUT2D eigenvalue weighted by Crippen LogP contribution is -2.30. The first-order valence-corrected chi connectivity index (χ1v) is 11.7. The van der Waals surface area contributed by atoms with Crippen molar-refractivity contribution in [3.63, 3.8) is 0 Å². The fraction of sp³-hybridized carbons (Fsp3) is 0.111. The molecule has 0 fully saturated rings. The summed E-state index contributed by atoms with van der Waals surface area (Å²) < 4.78 is 1.76. The van der Waals surface area contributed by atoms with Crippen LogP contribution in [0.1, 0.15) is 19.8 Å². The van der Waals surface area contributed by atoms with E-state index in [1.807, 2.05) is 79.7 Å². The number of fused-ring (bicyclic) bond motifs is 1. The third kappa shape index (κ3) is 4.85. The van der Waals surface area contributed by atoms with Crippen LogP contribution in [0.3, 0.4) is 0 Å². The first-order valence-electron chi connectivity index (χ1n) is 11.4. The van der Waals surface area contributed by atoms with Crippen molar-refractivity contribution in [1.82, 2.24) is 25.2 Å². The summed E-state index contributed by atoms with van der Waals surface area (Å²) in [4.78, 5) is 21.8. The summed E-state index contributed by atoms with van der Waals surface area (Å²) in [5.74, 6) is 0.682. The van der Waals surface area contributed by atoms with Crippen LogP contribution in [-0.4, -0.2) is 25.7 Å². The van der Waals surface area contributed by atoms with Crippen LogP contribution in [0, 0.1) is 0 Å². The number of rotatable bonds is 7. The Bertz CT molecular complexity index is 1480. The van der Waals surface area contributed by atoms with Gasteiger partial charge in [0.1, 0.15) is 0 Å². The molecule has 2 N–H and O–H groups in total. The molecule has 0 saturated heterocycles. The van der Waals surface area contributed by atoms with Crippen molar-refractivity contribution in [3.8, 4) is 28.3 Å². The first-order chi connectivity index (χ1) is 17.1. The second-order valence-corrected chi connectivity index (χ2v) is 8.45. The fourth-order valence-electron chi connectivity index (χ4n) is 3.78. The monoisotopic (exact) mass is 482 g/mol. The number of nitrogens with zero attached hydrogens (tertiary/aromatic N) is 4. The van der Waals surface area contributed by atoms with Gasteiger partial charge in [0.2, 0.25) is 5.91 Å². The van der Waals surface area contributed by atoms with Crippen LogP contribution in [0.5, 0.6) is 0 Å². The van der Waals surface area contributed by atoms with Gasteiger partial charge in [-0.1, -0.05) is 79.2 Å². The molecule has 5 aromatic rings. The smallest absolute Gasteiger partial charge is 0.238 e. The molecule has 3 aromatic carbocycles. The van der Waals surface area contributed by atoms with Gasteiger partial charge in [0.25, 0.3) is 0 Å². The minimum atomic E-state index is -0.139. The Hall–Kier alpha value is -4.23. The van der Waals surface area contributed by atoms with Crippen molar-refractivity contribution in [2.24, 2.45) is 0 Å². The number of hydrogen-bond acceptors (Lipinski definition) is 5. The molecule has 35 heavy (non-hydrogen) atoms. The number of hydrogen-bond donors (Lipinski definition) is 2. The van der Waals surface area contributed by atoms with Crippen LogP contribution in [0.15, 0.2) is 84.9 Å². The second-order valence-electron chi connectivity index (χ2n) is 8.01. The minimum Gasteiger partial charge on any atom is -0.279 e. The third-order valence-corrected chi connectivity index (χ3v) is 5.69. The Morgan fingerprint density at radius 3 is 2.31 bits per heavy atom. The number of anilines is 1. The topological polar surface area (TPSA) is 84.7 Å². The molecule has 1 amide bonds. The van der Waals surface area contributed by atoms with Crippen molar-refractivity contribution < 1.29 is 4.79 Å². The lowest BCUT2D eigenvalue weighted by molar-refractivity contribution is -0.120. The summed E-state index contributed by atoms with van der Waals surface area (Å²) >= 11 is 6.20. The number of carbonyl (C=O) groups is 1. The van der Waals surface area contributed by atoms with Crippen molar-refractivity contribution in [1.29, 1.82) is 0 Å². The van der Waals surface area contributed by atoms with Crippen LogP contribution in [0.2, 0.25) is 5.02 Å². The number of carbonyl (C=O) groups excluding carboxylic acids is 1. The largest absolute Gasteiger partial charge is 0.279 e. The standard InChI is InChI=1S/C27H23ClN6O/c1-2-9-25(35)31-32-26-27(30-21-15-14-20(28)16-23(21)29-26)34-24(19-12-7-4-8-13-19)17-22(33-34)18-10-5-3-6-11-18/h3-8,10-17H,2,9H2,1H3,(H,29,32)(H,31,35). The predicted molar refractivity (Wildman–Crippen MR) is 139 cm³/mol. The zero-order chi connectivity index (χ0) is 24.2. The molecular weight excluding hydrogens is 460 g/mol. The SMILES string of the molecule is CCCC(=O)NNc1nc2cc(Cl)ccc2nc1-n1nc(-c2ccccc2)cc1-c1ccccc1. The van der Waals surface area contributed by atoms with Gasteiger partial charge in [-0.2, -0.15) is 5.10 Å². The van der Waals surface area contributed by atoms with Crippen molar-refractivity contribution in [2.45, 2.75) is 19.8 Å². The van der Waals surface area contributed by atoms with Gasteiger partial charge < -0.3 is 0 Å². The van der Waals surface area contributed by atoms with E-state index < -0.39 is 0 Å². The molecule has 0 aliphatic carbocycles. The normalized spacial score (nSPS) is 10.9. The maximum Gasteiger partial charge on any atom is 0.238 e. The quantitative estimate of drug-likeness (QED) is 0.276. The fourth-order valence-corrected chi connectivity index (χ4v) is 3.94. The number of hydrazine groups is 1. The van der Waals surface area contributed by atoms with E-state index in [1.54, 1.807) is 16.8 Å². The van der Waals surface area contributed by atoms with Gasteiger partial charge in [-0.05, 0) is 30.7 Å². The predicted octanol–water partition coefficient (Wildman–Crippen LogP) is 6.05. The molecule has 0 atom stereocenters. The maximum atomic E-state index is 12.2. The Morgan fingerprint density at radius 2 is 1.60 bits per heavy atom. The van der Waals surface area contributed by atoms with Gasteiger partial charge in [0.15, 0.2) is 11.6 Å². The van der Waals surface area contributed by atoms with E-state index in [4.69, 9.17) is 26.7 Å². The average molecular weight is 483 g/mol. The van der Waals surface area contributed by atoms with Crippen LogP contribution >= 0.6 is 11.6 Å². The Labute approximate surface area is 207 Å². The van der Waals surface area contributed by atoms with E-state index in [0.29, 0.717) is 34.1 Å². The second kappa shape index (κ2) is 9.95. The Balaban J connectivity index is 1.70. The lowest BCUT2D eigenvalue weighted by Gasteiger charge is -2.14. The number of nitrogens with one attached hydrogen (secondary N) is 2. The minimum absolute atomic E-state index is 0.139. The average Bonchev–Trinajstić information content (AvgIpc) is 3.33. The van der Waals surface area contributed by atoms with Gasteiger partial charge in [-0.15, -0.1) is 0 Å². The van der Waals surface area contributed by atoms with E-state index in [0.717, 1.165) is 28.9 Å². The number of amides is 1. The Kier molecular flexibility index (Phi) is 6.41. The van der Waals surface area contributed by atoms with E-state index >= 15 is 0 Å². The van der Waals surface area contributed by atoms with E-state index in [2.05, 4.69) is 10.9 Å². The van der Waals surface area contributed by atoms with Crippen molar-refractivity contribution >= 4 is 34.4 Å². The van der Waals surface area contributed by atoms with Crippen LogP contribution in [0.25, 0.3) is 39.4 Å². The van der Waals surface area contributed by atoms with Crippen LogP contribution < -0.4 is 10.9 Å². The molecule has 174 valence electrons. The summed E-state index contributed by atoms with van der Waals surface area (Å²) in [6.45, 7) is 1.95. The number of benzene rings is 3. The van der Waals surface area contributed by atoms with E-state index in [-0.39, 0.29) is 5.91 Å². The van der Waals surface area contributed by atoms with Crippen LogP contribution in [-0.2, 0) is 4.79 Å². The van der Waals surface area contributed by atoms with Gasteiger partial charge in [0.05, 0.1) is 22.4 Å². The molecule has 8 heteroatoms. The molecule has 7 nitrogen and oxygen atoms in total. The molecule has 0 saturated carbocycles. The molecular formula is C27H23ClN6O. The number of halogens is 1. The Morgan fingerprint density at radius 1 is 0.886 bits per heavy atom. The molecule has 0 unspecified atom stereocenters. The van der Waals surface area contributed by atoms with Gasteiger partial charge in [-0.25, -0.2) is 14.6 Å². The molecule has 2 aromatic heterocycles. The highest BCUT2D eigenvalue weighted by atomic mass is 35.5. The molecule has 0 aliphatic rings. The summed E-state index contributed by atoms with van der Waals surface area (Å²) in [7, 11) is 0. The van der Waals surface area contributed by atoms with E-state index in [9.17, 15) is 4.79 Å². The highest BCUT2D eigenvalue weighted by Gasteiger charge is 2.19.